The van der Waals surface area contributed by atoms with E-state index in [1.165, 1.54) is 19.3 Å². The van der Waals surface area contributed by atoms with Crippen LogP contribution in [0.2, 0.25) is 0 Å². The quantitative estimate of drug-likeness (QED) is 0.528. The summed E-state index contributed by atoms with van der Waals surface area (Å²) in [4.78, 5) is 0. The van der Waals surface area contributed by atoms with Crippen molar-refractivity contribution in [1.29, 1.82) is 0 Å². The van der Waals surface area contributed by atoms with Gasteiger partial charge in [-0.2, -0.15) is 0 Å². The van der Waals surface area contributed by atoms with Crippen molar-refractivity contribution in [2.24, 2.45) is 5.92 Å². The molecule has 0 radical (unpaired) electrons. The van der Waals surface area contributed by atoms with E-state index >= 15 is 0 Å². The second-order valence-corrected chi connectivity index (χ2v) is 2.63. The van der Waals surface area contributed by atoms with Crippen molar-refractivity contribution in [2.45, 2.75) is 68.7 Å². The Balaban J connectivity index is -0.0000000437. The Kier molecular flexibility index (Phi) is 45.9. The summed E-state index contributed by atoms with van der Waals surface area (Å²) < 4.78 is 0. The van der Waals surface area contributed by atoms with Gasteiger partial charge in [0.05, 0.1) is 0 Å². The topological polar surface area (TPSA) is 0 Å². The van der Waals surface area contributed by atoms with Gasteiger partial charge in [0.15, 0.2) is 0 Å². The van der Waals surface area contributed by atoms with Crippen LogP contribution in [0, 0.1) is 5.92 Å². The average Bonchev–Trinajstić information content (AvgIpc) is 1.88. The Hall–Kier alpha value is 0. The molecule has 0 saturated heterocycles. The third-order valence-electron chi connectivity index (χ3n) is 1.39. The van der Waals surface area contributed by atoms with Crippen LogP contribution >= 0.6 is 0 Å². The lowest BCUT2D eigenvalue weighted by Gasteiger charge is -1.98. The molecule has 0 fully saturated rings. The fourth-order valence-corrected chi connectivity index (χ4v) is 0.289. The molecule has 0 atom stereocenters. The smallest absolute Gasteiger partial charge is 0.0448 e. The first-order valence-electron chi connectivity index (χ1n) is 4.22. The molecule has 74 valence electrons. The van der Waals surface area contributed by atoms with E-state index in [1.54, 1.807) is 0 Å². The lowest BCUT2D eigenvalue weighted by atomic mass is 10.1. The fourth-order valence-electron chi connectivity index (χ4n) is 0.289. The van der Waals surface area contributed by atoms with Crippen LogP contribution in [0.1, 0.15) is 68.7 Å². The Morgan fingerprint density at radius 1 is 0.818 bits per heavy atom. The van der Waals surface area contributed by atoms with Crippen LogP contribution in [0.15, 0.2) is 0 Å². The molecule has 0 rings (SSSR count). The first-order valence-corrected chi connectivity index (χ1v) is 4.22. The van der Waals surface area contributed by atoms with E-state index in [0.717, 1.165) is 5.92 Å². The molecule has 0 bridgehead atoms. The van der Waals surface area contributed by atoms with Crippen LogP contribution in [0.5, 0.6) is 0 Å². The van der Waals surface area contributed by atoms with Crippen LogP contribution < -0.4 is 0 Å². The average molecular weight is 162 g/mol. The van der Waals surface area contributed by atoms with Gasteiger partial charge in [-0.25, -0.2) is 0 Å². The zero-order valence-corrected chi connectivity index (χ0v) is 7.70. The maximum atomic E-state index is 2.28. The summed E-state index contributed by atoms with van der Waals surface area (Å²) >= 11 is 0. The molecule has 0 unspecified atom stereocenters. The minimum absolute atomic E-state index is 0. The van der Waals surface area contributed by atoms with Crippen molar-refractivity contribution >= 4 is 0 Å². The molecule has 0 nitrogen and oxygen atoms in total. The Bertz CT molecular complexity index is 27.0. The zero-order valence-electron chi connectivity index (χ0n) is 7.70. The van der Waals surface area contributed by atoms with Crippen LogP contribution in [0.3, 0.4) is 0 Å². The van der Waals surface area contributed by atoms with E-state index in [1.807, 2.05) is 0 Å². The van der Waals surface area contributed by atoms with Crippen LogP contribution in [-0.4, -0.2) is 0 Å². The monoisotopic (exact) mass is 162 g/mol. The van der Waals surface area contributed by atoms with Crippen LogP contribution in [0.4, 0.5) is 0 Å². The van der Waals surface area contributed by atoms with Crippen molar-refractivity contribution in [3.8, 4) is 0 Å². The summed E-state index contributed by atoms with van der Waals surface area (Å²) in [5, 5.41) is 0. The molecule has 0 aliphatic heterocycles. The van der Waals surface area contributed by atoms with Gasteiger partial charge in [0.25, 0.3) is 0 Å². The molecule has 0 spiro atoms. The number of hydrogen-bond donors (Lipinski definition) is 0. The van der Waals surface area contributed by atoms with Gasteiger partial charge >= 0.3 is 0 Å². The highest BCUT2D eigenvalue weighted by Crippen LogP contribution is 2.02. The molecule has 0 aromatic rings. The van der Waals surface area contributed by atoms with Crippen molar-refractivity contribution in [1.82, 2.24) is 0 Å². The first kappa shape index (κ1) is 22.4. The van der Waals surface area contributed by atoms with Crippen LogP contribution in [0.25, 0.3) is 0 Å². The van der Waals surface area contributed by atoms with Gasteiger partial charge in [0.1, 0.15) is 0 Å². The standard InChI is InChI=1S/C6H14.C3H8.2CH4/c1-4-6(3)5-2;1-3-2;;/h6H,4-5H2,1-3H3;3H2,1-2H3;2*1H4. The molecular formula is C11H30. The van der Waals surface area contributed by atoms with Gasteiger partial charge in [-0.05, 0) is 5.92 Å². The van der Waals surface area contributed by atoms with E-state index in [-0.39, 0.29) is 14.9 Å². The van der Waals surface area contributed by atoms with Gasteiger partial charge in [-0.15, -0.1) is 0 Å². The van der Waals surface area contributed by atoms with E-state index < -0.39 is 0 Å². The van der Waals surface area contributed by atoms with E-state index in [0.29, 0.717) is 0 Å². The molecule has 0 N–H and O–H groups in total. The molecule has 0 aromatic heterocycles. The maximum Gasteiger partial charge on any atom is -0.0448 e. The van der Waals surface area contributed by atoms with Gasteiger partial charge in [0.2, 0.25) is 0 Å². The van der Waals surface area contributed by atoms with Gasteiger partial charge in [-0.3, -0.25) is 0 Å². The van der Waals surface area contributed by atoms with E-state index in [2.05, 4.69) is 34.6 Å². The molecule has 0 heteroatoms. The largest absolute Gasteiger partial charge is 0.0776 e. The summed E-state index contributed by atoms with van der Waals surface area (Å²) in [5.74, 6) is 0.935. The van der Waals surface area contributed by atoms with Crippen molar-refractivity contribution in [2.75, 3.05) is 0 Å². The highest BCUT2D eigenvalue weighted by molar-refractivity contribution is 4.41. The summed E-state index contributed by atoms with van der Waals surface area (Å²) in [6, 6.07) is 0. The molecule has 0 aliphatic rings. The Morgan fingerprint density at radius 3 is 1.00 bits per heavy atom. The summed E-state index contributed by atoms with van der Waals surface area (Å²) in [5.41, 5.74) is 0. The maximum absolute atomic E-state index is 2.28. The molecule has 11 heavy (non-hydrogen) atoms. The first-order chi connectivity index (χ1) is 4.22. The van der Waals surface area contributed by atoms with E-state index in [4.69, 9.17) is 0 Å². The number of hydrogen-bond acceptors (Lipinski definition) is 0. The predicted molar refractivity (Wildman–Crippen MR) is 59.2 cm³/mol. The molecule has 0 heterocycles. The minimum Gasteiger partial charge on any atom is -0.0776 e. The number of rotatable bonds is 2. The zero-order chi connectivity index (χ0) is 7.70. The summed E-state index contributed by atoms with van der Waals surface area (Å²) in [7, 11) is 0. The molecule has 0 amide bonds. The third-order valence-corrected chi connectivity index (χ3v) is 1.39. The van der Waals surface area contributed by atoms with Crippen molar-refractivity contribution < 1.29 is 0 Å². The second-order valence-electron chi connectivity index (χ2n) is 2.63. The lowest BCUT2D eigenvalue weighted by Crippen LogP contribution is -1.85. The molecule has 0 aromatic carbocycles. The Labute approximate surface area is 75.4 Å². The van der Waals surface area contributed by atoms with Crippen molar-refractivity contribution in [3.63, 3.8) is 0 Å². The van der Waals surface area contributed by atoms with Gasteiger partial charge in [-0.1, -0.05) is 68.7 Å². The van der Waals surface area contributed by atoms with Gasteiger partial charge in [0, 0.05) is 0 Å². The van der Waals surface area contributed by atoms with Crippen LogP contribution in [-0.2, 0) is 0 Å². The van der Waals surface area contributed by atoms with Crippen molar-refractivity contribution in [3.05, 3.63) is 0 Å². The predicted octanol–water partition coefficient (Wildman–Crippen LogP) is 5.13. The lowest BCUT2D eigenvalue weighted by molar-refractivity contribution is 0.544. The summed E-state index contributed by atoms with van der Waals surface area (Å²) in [6.45, 7) is 11.0. The summed E-state index contributed by atoms with van der Waals surface area (Å²) in [6.07, 6.45) is 3.91. The third kappa shape index (κ3) is 40.0. The second kappa shape index (κ2) is 22.5. The molecule has 0 saturated carbocycles. The molecular weight excluding hydrogens is 132 g/mol. The molecule has 0 aliphatic carbocycles. The highest BCUT2D eigenvalue weighted by Gasteiger charge is 1.88. The van der Waals surface area contributed by atoms with Gasteiger partial charge < -0.3 is 0 Å². The Morgan fingerprint density at radius 2 is 1.00 bits per heavy atom. The highest BCUT2D eigenvalue weighted by atomic mass is 13.9. The van der Waals surface area contributed by atoms with E-state index in [9.17, 15) is 0 Å². The minimum atomic E-state index is 0. The normalized spacial score (nSPS) is 7.09. The SMILES string of the molecule is C.C.CCC.CCC(C)CC. The fraction of sp³-hybridized carbons (Fsp3) is 1.00.